The van der Waals surface area contributed by atoms with Crippen LogP contribution in [0.4, 0.5) is 22.0 Å². The summed E-state index contributed by atoms with van der Waals surface area (Å²) in [5.74, 6) is -5.06. The molecule has 3 aromatic rings. The first-order valence-electron chi connectivity index (χ1n) is 9.68. The smallest absolute Gasteiger partial charge is 0.357 e. The molecule has 13 heteroatoms. The summed E-state index contributed by atoms with van der Waals surface area (Å²) in [7, 11) is 1.32. The van der Waals surface area contributed by atoms with Gasteiger partial charge in [0.15, 0.2) is 11.6 Å². The van der Waals surface area contributed by atoms with Gasteiger partial charge in [-0.2, -0.15) is 18.2 Å². The van der Waals surface area contributed by atoms with Crippen molar-refractivity contribution >= 4 is 17.6 Å². The molecule has 1 atom stereocenters. The predicted octanol–water partition coefficient (Wildman–Crippen LogP) is 2.57. The number of likely N-dealkylation sites (N-methyl/N-ethyl adjacent to an activating group) is 1. The van der Waals surface area contributed by atoms with Crippen LogP contribution in [0, 0.1) is 25.5 Å². The second-order valence-corrected chi connectivity index (χ2v) is 7.19. The Morgan fingerprint density at radius 1 is 1.12 bits per heavy atom. The van der Waals surface area contributed by atoms with E-state index in [0.29, 0.717) is 17.0 Å². The number of rotatable bonds is 6. The van der Waals surface area contributed by atoms with Gasteiger partial charge in [0.2, 0.25) is 11.8 Å². The number of carbonyl (C=O) groups excluding carboxylic acids is 2. The molecule has 1 unspecified atom stereocenters. The number of amides is 2. The Morgan fingerprint density at radius 2 is 1.82 bits per heavy atom. The van der Waals surface area contributed by atoms with Crippen molar-refractivity contribution in [3.8, 4) is 0 Å². The summed E-state index contributed by atoms with van der Waals surface area (Å²) in [4.78, 5) is 32.1. The molecule has 2 heterocycles. The fraction of sp³-hybridized carbons (Fsp3) is 0.350. The van der Waals surface area contributed by atoms with Crippen LogP contribution in [0.1, 0.15) is 40.8 Å². The first-order chi connectivity index (χ1) is 15.4. The van der Waals surface area contributed by atoms with Gasteiger partial charge in [-0.15, -0.1) is 5.10 Å². The molecule has 0 aliphatic carbocycles. The topological polar surface area (TPSA) is 101 Å². The van der Waals surface area contributed by atoms with Gasteiger partial charge in [-0.1, -0.05) is 6.07 Å². The lowest BCUT2D eigenvalue weighted by Gasteiger charge is -2.18. The third kappa shape index (κ3) is 5.07. The monoisotopic (exact) mass is 470 g/mol. The standard InChI is InChI=1S/C20H19F5N6O2/c1-9-12(10(2)31-19(27-9)29-18(30-31)20(23,24)25)5-7-15(32)28-16(17(33)26-3)11-4-6-13(21)14(22)8-11/h4,6,8,16H,5,7H2,1-3H3,(H,26,33)(H,28,32). The van der Waals surface area contributed by atoms with Gasteiger partial charge in [-0.25, -0.2) is 18.3 Å². The number of hydrogen-bond donors (Lipinski definition) is 2. The first kappa shape index (κ1) is 24.0. The van der Waals surface area contributed by atoms with Gasteiger partial charge in [0.1, 0.15) is 6.04 Å². The van der Waals surface area contributed by atoms with Gasteiger partial charge in [-0.3, -0.25) is 9.59 Å². The van der Waals surface area contributed by atoms with E-state index in [9.17, 15) is 31.5 Å². The van der Waals surface area contributed by atoms with Crippen LogP contribution in [-0.2, 0) is 22.2 Å². The van der Waals surface area contributed by atoms with Gasteiger partial charge in [0.25, 0.3) is 11.6 Å². The average Bonchev–Trinajstić information content (AvgIpc) is 3.18. The van der Waals surface area contributed by atoms with Crippen molar-refractivity contribution in [3.63, 3.8) is 0 Å². The Labute approximate surface area is 184 Å². The van der Waals surface area contributed by atoms with E-state index in [2.05, 4.69) is 25.7 Å². The number of aryl methyl sites for hydroxylation is 2. The Hall–Kier alpha value is -3.64. The van der Waals surface area contributed by atoms with Crippen LogP contribution in [-0.4, -0.2) is 38.4 Å². The zero-order valence-corrected chi connectivity index (χ0v) is 17.7. The Kier molecular flexibility index (Phi) is 6.60. The number of alkyl halides is 3. The number of nitrogens with one attached hydrogen (secondary N) is 2. The third-order valence-corrected chi connectivity index (χ3v) is 5.00. The lowest BCUT2D eigenvalue weighted by atomic mass is 10.0. The van der Waals surface area contributed by atoms with Crippen molar-refractivity contribution in [3.05, 3.63) is 58.2 Å². The molecule has 0 saturated carbocycles. The number of benzene rings is 1. The van der Waals surface area contributed by atoms with Gasteiger partial charge < -0.3 is 10.6 Å². The van der Waals surface area contributed by atoms with Gasteiger partial charge in [-0.05, 0) is 43.5 Å². The van der Waals surface area contributed by atoms with E-state index >= 15 is 0 Å². The third-order valence-electron chi connectivity index (χ3n) is 5.00. The second-order valence-electron chi connectivity index (χ2n) is 7.19. The van der Waals surface area contributed by atoms with Crippen molar-refractivity contribution in [1.29, 1.82) is 0 Å². The minimum atomic E-state index is -4.73. The molecule has 1 aromatic carbocycles. The molecule has 0 saturated heterocycles. The summed E-state index contributed by atoms with van der Waals surface area (Å²) in [5, 5.41) is 8.24. The zero-order valence-electron chi connectivity index (χ0n) is 17.7. The predicted molar refractivity (Wildman–Crippen MR) is 105 cm³/mol. The molecule has 0 aliphatic heterocycles. The summed E-state index contributed by atoms with van der Waals surface area (Å²) in [6.07, 6.45) is -4.82. The van der Waals surface area contributed by atoms with Crippen LogP contribution in [0.25, 0.3) is 5.78 Å². The van der Waals surface area contributed by atoms with Crippen molar-refractivity contribution < 1.29 is 31.5 Å². The lowest BCUT2D eigenvalue weighted by Crippen LogP contribution is -2.39. The SMILES string of the molecule is CNC(=O)C(NC(=O)CCc1c(C)nc2nc(C(F)(F)F)nn2c1C)c1ccc(F)c(F)c1. The Bertz CT molecular complexity index is 1220. The minimum absolute atomic E-state index is 0.0411. The van der Waals surface area contributed by atoms with Crippen LogP contribution >= 0.6 is 0 Å². The van der Waals surface area contributed by atoms with Crippen LogP contribution < -0.4 is 10.6 Å². The molecule has 0 fully saturated rings. The number of nitrogens with zero attached hydrogens (tertiary/aromatic N) is 4. The maximum Gasteiger partial charge on any atom is 0.453 e. The van der Waals surface area contributed by atoms with E-state index in [1.165, 1.54) is 20.0 Å². The molecule has 2 amide bonds. The second kappa shape index (κ2) is 9.08. The molecule has 0 bridgehead atoms. The normalized spacial score (nSPS) is 12.6. The van der Waals surface area contributed by atoms with Gasteiger partial charge in [0.05, 0.1) is 0 Å². The summed E-state index contributed by atoms with van der Waals surface area (Å²) >= 11 is 0. The molecule has 0 aliphatic rings. The van der Waals surface area contributed by atoms with Gasteiger partial charge in [0, 0.05) is 24.9 Å². The van der Waals surface area contributed by atoms with Crippen LogP contribution in [0.5, 0.6) is 0 Å². The Balaban J connectivity index is 1.80. The van der Waals surface area contributed by atoms with Crippen LogP contribution in [0.2, 0.25) is 0 Å². The van der Waals surface area contributed by atoms with Crippen molar-refractivity contribution in [2.24, 2.45) is 0 Å². The molecule has 33 heavy (non-hydrogen) atoms. The average molecular weight is 470 g/mol. The highest BCUT2D eigenvalue weighted by Crippen LogP contribution is 2.27. The fourth-order valence-electron chi connectivity index (χ4n) is 3.30. The molecule has 2 N–H and O–H groups in total. The lowest BCUT2D eigenvalue weighted by molar-refractivity contribution is -0.144. The highest BCUT2D eigenvalue weighted by Gasteiger charge is 2.37. The van der Waals surface area contributed by atoms with E-state index < -0.39 is 41.5 Å². The highest BCUT2D eigenvalue weighted by molar-refractivity contribution is 5.88. The maximum absolute atomic E-state index is 13.6. The Morgan fingerprint density at radius 3 is 2.42 bits per heavy atom. The highest BCUT2D eigenvalue weighted by atomic mass is 19.4. The van der Waals surface area contributed by atoms with E-state index in [-0.39, 0.29) is 24.2 Å². The van der Waals surface area contributed by atoms with Crippen LogP contribution in [0.3, 0.4) is 0 Å². The van der Waals surface area contributed by atoms with E-state index in [4.69, 9.17) is 0 Å². The number of aromatic nitrogens is 4. The summed E-state index contributed by atoms with van der Waals surface area (Å²) in [6, 6.07) is 1.55. The van der Waals surface area contributed by atoms with Crippen molar-refractivity contribution in [2.45, 2.75) is 38.9 Å². The van der Waals surface area contributed by atoms with E-state index in [0.717, 1.165) is 16.6 Å². The number of hydrogen-bond acceptors (Lipinski definition) is 5. The summed E-state index contributed by atoms with van der Waals surface area (Å²) in [6.45, 7) is 3.09. The molecule has 0 radical (unpaired) electrons. The van der Waals surface area contributed by atoms with Crippen molar-refractivity contribution in [2.75, 3.05) is 7.05 Å². The van der Waals surface area contributed by atoms with Crippen molar-refractivity contribution in [1.82, 2.24) is 30.2 Å². The number of halogens is 5. The molecule has 176 valence electrons. The van der Waals surface area contributed by atoms with Crippen LogP contribution in [0.15, 0.2) is 18.2 Å². The molecule has 3 rings (SSSR count). The number of fused-ring (bicyclic) bond motifs is 1. The largest absolute Gasteiger partial charge is 0.453 e. The number of carbonyl (C=O) groups is 2. The van der Waals surface area contributed by atoms with E-state index in [1.807, 2.05) is 0 Å². The quantitative estimate of drug-likeness (QED) is 0.540. The molecular formula is C20H19F5N6O2. The molecule has 0 spiro atoms. The molecule has 8 nitrogen and oxygen atoms in total. The maximum atomic E-state index is 13.6. The molecular weight excluding hydrogens is 451 g/mol. The minimum Gasteiger partial charge on any atom is -0.357 e. The van der Waals surface area contributed by atoms with Gasteiger partial charge >= 0.3 is 6.18 Å². The zero-order chi connectivity index (χ0) is 24.5. The fourth-order valence-corrected chi connectivity index (χ4v) is 3.30. The summed E-state index contributed by atoms with van der Waals surface area (Å²) < 4.78 is 66.5. The van der Waals surface area contributed by atoms with E-state index in [1.54, 1.807) is 6.92 Å². The first-order valence-corrected chi connectivity index (χ1v) is 9.68. The molecule has 2 aromatic heterocycles. The summed E-state index contributed by atoms with van der Waals surface area (Å²) in [5.41, 5.74) is 1.23.